The van der Waals surface area contributed by atoms with Gasteiger partial charge in [0.15, 0.2) is 0 Å². The molecule has 3 nitrogen and oxygen atoms in total. The maximum atomic E-state index is 12.7. The SMILES string of the molecule is C=CC12CCc3cc(O)ccc3C1C(CCCCC(O)C(F)(F)F)CC1(C)C2CC[C@]1(C)O. The molecule has 3 N–H and O–H groups in total. The highest BCUT2D eigenvalue weighted by Gasteiger charge is 2.66. The van der Waals surface area contributed by atoms with E-state index in [-0.39, 0.29) is 40.8 Å². The van der Waals surface area contributed by atoms with E-state index in [4.69, 9.17) is 0 Å². The van der Waals surface area contributed by atoms with Crippen molar-refractivity contribution < 1.29 is 28.5 Å². The summed E-state index contributed by atoms with van der Waals surface area (Å²) < 4.78 is 38.2. The minimum absolute atomic E-state index is 0.166. The average Bonchev–Trinajstić information content (AvgIpc) is 2.98. The van der Waals surface area contributed by atoms with Gasteiger partial charge in [0.1, 0.15) is 11.9 Å². The summed E-state index contributed by atoms with van der Waals surface area (Å²) in [4.78, 5) is 0. The van der Waals surface area contributed by atoms with Crippen LogP contribution in [0, 0.1) is 22.7 Å². The van der Waals surface area contributed by atoms with Crippen molar-refractivity contribution in [3.8, 4) is 5.75 Å². The number of rotatable bonds is 6. The first-order valence-corrected chi connectivity index (χ1v) is 12.3. The molecule has 184 valence electrons. The smallest absolute Gasteiger partial charge is 0.414 e. The molecular weight excluding hydrogens is 429 g/mol. The molecule has 0 amide bonds. The molecule has 4 rings (SSSR count). The molecule has 0 spiro atoms. The molecule has 0 bridgehead atoms. The molecule has 3 aliphatic carbocycles. The van der Waals surface area contributed by atoms with Crippen molar-refractivity contribution in [1.29, 1.82) is 0 Å². The molecule has 1 aromatic rings. The summed E-state index contributed by atoms with van der Waals surface area (Å²) in [6.45, 7) is 8.41. The Balaban J connectivity index is 1.66. The highest BCUT2D eigenvalue weighted by molar-refractivity contribution is 5.43. The van der Waals surface area contributed by atoms with E-state index in [1.807, 2.05) is 19.1 Å². The lowest BCUT2D eigenvalue weighted by Crippen LogP contribution is -2.56. The van der Waals surface area contributed by atoms with Crippen LogP contribution in [0.15, 0.2) is 30.9 Å². The van der Waals surface area contributed by atoms with Gasteiger partial charge < -0.3 is 15.3 Å². The molecule has 0 aromatic heterocycles. The number of alkyl halides is 3. The zero-order valence-corrected chi connectivity index (χ0v) is 19.7. The summed E-state index contributed by atoms with van der Waals surface area (Å²) >= 11 is 0. The Labute approximate surface area is 194 Å². The summed E-state index contributed by atoms with van der Waals surface area (Å²) in [7, 11) is 0. The van der Waals surface area contributed by atoms with Crippen LogP contribution in [-0.2, 0) is 6.42 Å². The van der Waals surface area contributed by atoms with E-state index in [1.54, 1.807) is 6.07 Å². The van der Waals surface area contributed by atoms with Crippen LogP contribution >= 0.6 is 0 Å². The van der Waals surface area contributed by atoms with Gasteiger partial charge in [-0.05, 0) is 104 Å². The molecule has 2 fully saturated rings. The summed E-state index contributed by atoms with van der Waals surface area (Å²) in [6.07, 6.45) is 0.851. The Morgan fingerprint density at radius 3 is 2.61 bits per heavy atom. The molecule has 0 aliphatic heterocycles. The van der Waals surface area contributed by atoms with E-state index < -0.39 is 17.9 Å². The molecule has 1 aromatic carbocycles. The normalized spacial score (nSPS) is 38.8. The second-order valence-electron chi connectivity index (χ2n) is 11.3. The third-order valence-electron chi connectivity index (χ3n) is 9.65. The first kappa shape index (κ1) is 24.6. The Bertz CT molecular complexity index is 895. The van der Waals surface area contributed by atoms with Gasteiger partial charge in [-0.3, -0.25) is 0 Å². The zero-order valence-electron chi connectivity index (χ0n) is 19.7. The number of unbranched alkanes of at least 4 members (excludes halogenated alkanes) is 1. The van der Waals surface area contributed by atoms with Gasteiger partial charge in [0, 0.05) is 0 Å². The van der Waals surface area contributed by atoms with Crippen LogP contribution in [0.5, 0.6) is 5.75 Å². The van der Waals surface area contributed by atoms with Gasteiger partial charge in [0.25, 0.3) is 0 Å². The van der Waals surface area contributed by atoms with E-state index in [0.717, 1.165) is 44.1 Å². The highest BCUT2D eigenvalue weighted by atomic mass is 19.4. The summed E-state index contributed by atoms with van der Waals surface area (Å²) in [5.74, 6) is 0.883. The molecule has 7 atom stereocenters. The number of allylic oxidation sites excluding steroid dienone is 1. The monoisotopic (exact) mass is 466 g/mol. The molecule has 2 saturated carbocycles. The Morgan fingerprint density at radius 2 is 1.94 bits per heavy atom. The second-order valence-corrected chi connectivity index (χ2v) is 11.3. The topological polar surface area (TPSA) is 60.7 Å². The van der Waals surface area contributed by atoms with Gasteiger partial charge in [-0.15, -0.1) is 6.58 Å². The lowest BCUT2D eigenvalue weighted by molar-refractivity contribution is -0.205. The number of aliphatic hydroxyl groups excluding tert-OH is 1. The molecule has 6 heteroatoms. The molecule has 0 heterocycles. The number of fused-ring (bicyclic) bond motifs is 5. The van der Waals surface area contributed by atoms with E-state index in [0.29, 0.717) is 12.8 Å². The molecule has 0 radical (unpaired) electrons. The molecule has 3 aliphatic rings. The zero-order chi connectivity index (χ0) is 24.2. The van der Waals surface area contributed by atoms with Gasteiger partial charge in [0.05, 0.1) is 5.60 Å². The highest BCUT2D eigenvalue weighted by Crippen LogP contribution is 2.71. The van der Waals surface area contributed by atoms with Crippen LogP contribution in [0.2, 0.25) is 0 Å². The van der Waals surface area contributed by atoms with Crippen molar-refractivity contribution in [1.82, 2.24) is 0 Å². The molecule has 33 heavy (non-hydrogen) atoms. The standard InChI is InChI=1S/C27H37F3O3/c1-4-26-14-11-17-15-19(31)9-10-20(17)23(26)18(7-5-6-8-22(32)27(28,29)30)16-24(2)21(26)12-13-25(24,3)33/h4,9-10,15,18,21-23,31-33H,1,5-8,11-14,16H2,2-3H3/t18?,21?,22?,23?,24?,25-,26?/m0/s1. The third kappa shape index (κ3) is 3.91. The van der Waals surface area contributed by atoms with Crippen molar-refractivity contribution in [2.24, 2.45) is 22.7 Å². The average molecular weight is 467 g/mol. The lowest BCUT2D eigenvalue weighted by Gasteiger charge is -2.61. The van der Waals surface area contributed by atoms with Gasteiger partial charge >= 0.3 is 6.18 Å². The maximum absolute atomic E-state index is 12.7. The number of aromatic hydroxyl groups is 1. The third-order valence-corrected chi connectivity index (χ3v) is 9.65. The first-order valence-electron chi connectivity index (χ1n) is 12.3. The van der Waals surface area contributed by atoms with Gasteiger partial charge in [-0.25, -0.2) is 0 Å². The minimum atomic E-state index is -4.57. The summed E-state index contributed by atoms with van der Waals surface area (Å²) in [5.41, 5.74) is 1.09. The van der Waals surface area contributed by atoms with E-state index >= 15 is 0 Å². The second kappa shape index (κ2) is 8.30. The fraction of sp³-hybridized carbons (Fsp3) is 0.704. The first-order chi connectivity index (χ1) is 15.4. The Kier molecular flexibility index (Phi) is 6.18. The minimum Gasteiger partial charge on any atom is -0.508 e. The fourth-order valence-corrected chi connectivity index (χ4v) is 7.83. The van der Waals surface area contributed by atoms with Gasteiger partial charge in [-0.1, -0.05) is 31.9 Å². The number of hydrogen-bond donors (Lipinski definition) is 3. The van der Waals surface area contributed by atoms with Crippen LogP contribution < -0.4 is 0 Å². The van der Waals surface area contributed by atoms with Crippen molar-refractivity contribution >= 4 is 0 Å². The van der Waals surface area contributed by atoms with Gasteiger partial charge in [0.2, 0.25) is 0 Å². The number of aliphatic hydroxyl groups is 2. The van der Waals surface area contributed by atoms with Crippen molar-refractivity contribution in [3.63, 3.8) is 0 Å². The number of phenols is 1. The number of phenolic OH excluding ortho intramolecular Hbond substituents is 1. The Morgan fingerprint density at radius 1 is 1.21 bits per heavy atom. The summed E-state index contributed by atoms with van der Waals surface area (Å²) in [6, 6.07) is 5.59. The van der Waals surface area contributed by atoms with Gasteiger partial charge in [-0.2, -0.15) is 13.2 Å². The Hall–Kier alpha value is -1.53. The molecule has 0 saturated heterocycles. The predicted molar refractivity (Wildman–Crippen MR) is 122 cm³/mol. The number of hydrogen-bond acceptors (Lipinski definition) is 3. The number of benzene rings is 1. The predicted octanol–water partition coefficient (Wildman–Crippen LogP) is 6.27. The van der Waals surface area contributed by atoms with Crippen LogP contribution in [0.1, 0.15) is 82.3 Å². The van der Waals surface area contributed by atoms with E-state index in [9.17, 15) is 28.5 Å². The number of aryl methyl sites for hydroxylation is 1. The van der Waals surface area contributed by atoms with Crippen molar-refractivity contribution in [2.75, 3.05) is 0 Å². The fourth-order valence-electron chi connectivity index (χ4n) is 7.83. The lowest BCUT2D eigenvalue weighted by atomic mass is 9.43. The van der Waals surface area contributed by atoms with Crippen molar-refractivity contribution in [3.05, 3.63) is 42.0 Å². The maximum Gasteiger partial charge on any atom is 0.414 e. The number of halogens is 3. The van der Waals surface area contributed by atoms with Crippen LogP contribution in [0.3, 0.4) is 0 Å². The van der Waals surface area contributed by atoms with E-state index in [1.165, 1.54) is 5.56 Å². The largest absolute Gasteiger partial charge is 0.508 e. The van der Waals surface area contributed by atoms with Crippen molar-refractivity contribution in [2.45, 2.75) is 95.4 Å². The van der Waals surface area contributed by atoms with Crippen LogP contribution in [0.4, 0.5) is 13.2 Å². The summed E-state index contributed by atoms with van der Waals surface area (Å²) in [5, 5.41) is 30.8. The quantitative estimate of drug-likeness (QED) is 0.342. The molecule has 6 unspecified atom stereocenters. The van der Waals surface area contributed by atoms with E-state index in [2.05, 4.69) is 19.6 Å². The van der Waals surface area contributed by atoms with Crippen LogP contribution in [0.25, 0.3) is 0 Å². The molecular formula is C27H37F3O3. The van der Waals surface area contributed by atoms with Crippen LogP contribution in [-0.4, -0.2) is 33.2 Å².